The molecule has 2 aliphatic rings. The number of morpholine rings is 1. The highest BCUT2D eigenvalue weighted by atomic mass is 16.5. The predicted octanol–water partition coefficient (Wildman–Crippen LogP) is 2.31. The fraction of sp³-hybridized carbons (Fsp3) is 0.611. The van der Waals surface area contributed by atoms with Gasteiger partial charge in [-0.05, 0) is 37.9 Å². The highest BCUT2D eigenvalue weighted by Gasteiger charge is 2.42. The summed E-state index contributed by atoms with van der Waals surface area (Å²) in [5.74, 6) is 0.461. The molecule has 0 bridgehead atoms. The van der Waals surface area contributed by atoms with Gasteiger partial charge in [-0.25, -0.2) is 0 Å². The molecule has 0 aromatic heterocycles. The summed E-state index contributed by atoms with van der Waals surface area (Å²) in [6.45, 7) is 5.99. The van der Waals surface area contributed by atoms with E-state index in [1.165, 1.54) is 12.8 Å². The Morgan fingerprint density at radius 1 is 1.32 bits per heavy atom. The van der Waals surface area contributed by atoms with Crippen LogP contribution in [0.2, 0.25) is 0 Å². The molecule has 1 aromatic carbocycles. The largest absolute Gasteiger partial charge is 0.375 e. The number of amides is 1. The monoisotopic (exact) mass is 302 g/mol. The van der Waals surface area contributed by atoms with Crippen LogP contribution in [-0.2, 0) is 4.74 Å². The third kappa shape index (κ3) is 3.33. The molecule has 1 aliphatic heterocycles. The van der Waals surface area contributed by atoms with Gasteiger partial charge in [0, 0.05) is 30.6 Å². The molecule has 1 aliphatic carbocycles. The van der Waals surface area contributed by atoms with Gasteiger partial charge in [-0.2, -0.15) is 0 Å². The number of hydrogen-bond acceptors (Lipinski definition) is 3. The van der Waals surface area contributed by atoms with Crippen LogP contribution in [-0.4, -0.2) is 49.2 Å². The van der Waals surface area contributed by atoms with Gasteiger partial charge in [0.1, 0.15) is 0 Å². The van der Waals surface area contributed by atoms with Gasteiger partial charge in [0.2, 0.25) is 0 Å². The van der Waals surface area contributed by atoms with E-state index in [0.717, 1.165) is 38.2 Å². The molecule has 0 radical (unpaired) electrons. The molecular formula is C18H26N2O2. The van der Waals surface area contributed by atoms with Crippen LogP contribution in [0.5, 0.6) is 0 Å². The Morgan fingerprint density at radius 3 is 2.91 bits per heavy atom. The summed E-state index contributed by atoms with van der Waals surface area (Å²) in [5.41, 5.74) is 0.731. The van der Waals surface area contributed by atoms with Crippen molar-refractivity contribution in [2.45, 2.75) is 38.3 Å². The average Bonchev–Trinajstić information content (AvgIpc) is 2.98. The molecule has 3 atom stereocenters. The lowest BCUT2D eigenvalue weighted by Crippen LogP contribution is -2.51. The quantitative estimate of drug-likeness (QED) is 0.907. The lowest BCUT2D eigenvalue weighted by Gasteiger charge is -2.39. The smallest absolute Gasteiger partial charge is 0.251 e. The maximum Gasteiger partial charge on any atom is 0.251 e. The van der Waals surface area contributed by atoms with Crippen LogP contribution in [0.15, 0.2) is 30.3 Å². The Morgan fingerprint density at radius 2 is 2.14 bits per heavy atom. The topological polar surface area (TPSA) is 41.6 Å². The van der Waals surface area contributed by atoms with Crippen LogP contribution < -0.4 is 5.32 Å². The van der Waals surface area contributed by atoms with Gasteiger partial charge in [0.15, 0.2) is 0 Å². The second-order valence-electron chi connectivity index (χ2n) is 6.35. The summed E-state index contributed by atoms with van der Waals surface area (Å²) in [4.78, 5) is 14.7. The summed E-state index contributed by atoms with van der Waals surface area (Å²) in [6.07, 6.45) is 3.82. The summed E-state index contributed by atoms with van der Waals surface area (Å²) >= 11 is 0. The first-order chi connectivity index (χ1) is 10.8. The second kappa shape index (κ2) is 7.25. The van der Waals surface area contributed by atoms with Crippen LogP contribution in [0.1, 0.15) is 36.5 Å². The second-order valence-corrected chi connectivity index (χ2v) is 6.35. The molecule has 1 saturated carbocycles. The zero-order valence-electron chi connectivity index (χ0n) is 13.3. The maximum atomic E-state index is 12.2. The van der Waals surface area contributed by atoms with E-state index in [2.05, 4.69) is 17.1 Å². The van der Waals surface area contributed by atoms with Crippen LogP contribution in [0.4, 0.5) is 0 Å². The number of hydrogen-bond donors (Lipinski definition) is 1. The fourth-order valence-corrected chi connectivity index (χ4v) is 3.84. The number of fused-ring (bicyclic) bond motifs is 1. The Hall–Kier alpha value is -1.39. The first-order valence-electron chi connectivity index (χ1n) is 8.48. The van der Waals surface area contributed by atoms with E-state index in [4.69, 9.17) is 4.74 Å². The number of nitrogens with zero attached hydrogens (tertiary/aromatic N) is 1. The molecule has 22 heavy (non-hydrogen) atoms. The zero-order chi connectivity index (χ0) is 15.4. The Labute approximate surface area is 132 Å². The number of ether oxygens (including phenoxy) is 1. The highest BCUT2D eigenvalue weighted by Crippen LogP contribution is 2.34. The van der Waals surface area contributed by atoms with Gasteiger partial charge < -0.3 is 10.1 Å². The standard InChI is InChI=1S/C18H26N2O2/c1-2-10-20-11-12-22-17-15(8-9-16(17)20)13-19-18(21)14-6-4-3-5-7-14/h3-7,15-17H,2,8-13H2,1H3,(H,19,21). The third-order valence-corrected chi connectivity index (χ3v) is 4.91. The van der Waals surface area contributed by atoms with E-state index >= 15 is 0 Å². The number of nitrogens with one attached hydrogen (secondary N) is 1. The van der Waals surface area contributed by atoms with E-state index in [1.54, 1.807) is 0 Å². The first kappa shape index (κ1) is 15.5. The summed E-state index contributed by atoms with van der Waals surface area (Å²) < 4.78 is 6.04. The van der Waals surface area contributed by atoms with Gasteiger partial charge in [-0.1, -0.05) is 25.1 Å². The van der Waals surface area contributed by atoms with Crippen molar-refractivity contribution < 1.29 is 9.53 Å². The van der Waals surface area contributed by atoms with Gasteiger partial charge in [-0.3, -0.25) is 9.69 Å². The van der Waals surface area contributed by atoms with Crippen molar-refractivity contribution in [2.24, 2.45) is 5.92 Å². The van der Waals surface area contributed by atoms with Crippen LogP contribution in [0.3, 0.4) is 0 Å². The average molecular weight is 302 g/mol. The minimum Gasteiger partial charge on any atom is -0.375 e. The van der Waals surface area contributed by atoms with E-state index in [1.807, 2.05) is 30.3 Å². The van der Waals surface area contributed by atoms with Gasteiger partial charge >= 0.3 is 0 Å². The van der Waals surface area contributed by atoms with Gasteiger partial charge in [-0.15, -0.1) is 0 Å². The molecule has 1 heterocycles. The van der Waals surface area contributed by atoms with Crippen LogP contribution in [0, 0.1) is 5.92 Å². The van der Waals surface area contributed by atoms with Crippen molar-refractivity contribution in [3.8, 4) is 0 Å². The molecule has 2 fully saturated rings. The van der Waals surface area contributed by atoms with Crippen molar-refractivity contribution in [1.82, 2.24) is 10.2 Å². The van der Waals surface area contributed by atoms with E-state index in [9.17, 15) is 4.79 Å². The Balaban J connectivity index is 1.54. The molecule has 4 nitrogen and oxygen atoms in total. The highest BCUT2D eigenvalue weighted by molar-refractivity contribution is 5.94. The summed E-state index contributed by atoms with van der Waals surface area (Å²) in [6, 6.07) is 9.98. The maximum absolute atomic E-state index is 12.2. The van der Waals surface area contributed by atoms with Gasteiger partial charge in [0.25, 0.3) is 5.91 Å². The third-order valence-electron chi connectivity index (χ3n) is 4.91. The van der Waals surface area contributed by atoms with Crippen molar-refractivity contribution in [1.29, 1.82) is 0 Å². The minimum atomic E-state index is 0.0188. The summed E-state index contributed by atoms with van der Waals surface area (Å²) in [7, 11) is 0. The van der Waals surface area contributed by atoms with Crippen molar-refractivity contribution in [3.05, 3.63) is 35.9 Å². The predicted molar refractivity (Wildman–Crippen MR) is 86.9 cm³/mol. The number of carbonyl (C=O) groups is 1. The molecule has 120 valence electrons. The molecule has 1 N–H and O–H groups in total. The molecule has 0 spiro atoms. The lowest BCUT2D eigenvalue weighted by molar-refractivity contribution is -0.0725. The molecular weight excluding hydrogens is 276 g/mol. The molecule has 1 amide bonds. The number of rotatable bonds is 5. The fourth-order valence-electron chi connectivity index (χ4n) is 3.84. The SMILES string of the molecule is CCCN1CCOC2C(CNC(=O)c3ccccc3)CCC21. The van der Waals surface area contributed by atoms with Gasteiger partial charge in [0.05, 0.1) is 12.7 Å². The molecule has 1 saturated heterocycles. The van der Waals surface area contributed by atoms with Crippen LogP contribution >= 0.6 is 0 Å². The van der Waals surface area contributed by atoms with Crippen molar-refractivity contribution in [2.75, 3.05) is 26.2 Å². The molecule has 3 unspecified atom stereocenters. The van der Waals surface area contributed by atoms with E-state index in [0.29, 0.717) is 12.0 Å². The number of benzene rings is 1. The van der Waals surface area contributed by atoms with E-state index in [-0.39, 0.29) is 12.0 Å². The molecule has 4 heteroatoms. The first-order valence-corrected chi connectivity index (χ1v) is 8.48. The Bertz CT molecular complexity index is 489. The van der Waals surface area contributed by atoms with Crippen molar-refractivity contribution in [3.63, 3.8) is 0 Å². The van der Waals surface area contributed by atoms with Crippen LogP contribution in [0.25, 0.3) is 0 Å². The molecule has 3 rings (SSSR count). The Kier molecular flexibility index (Phi) is 5.11. The van der Waals surface area contributed by atoms with Crippen molar-refractivity contribution >= 4 is 5.91 Å². The van der Waals surface area contributed by atoms with E-state index < -0.39 is 0 Å². The number of carbonyl (C=O) groups excluding carboxylic acids is 1. The summed E-state index contributed by atoms with van der Waals surface area (Å²) in [5, 5.41) is 3.08. The zero-order valence-corrected chi connectivity index (χ0v) is 13.3. The lowest BCUT2D eigenvalue weighted by atomic mass is 10.0. The minimum absolute atomic E-state index is 0.0188. The molecule has 1 aromatic rings. The normalized spacial score (nSPS) is 28.3.